The molecule has 0 bridgehead atoms. The Bertz CT molecular complexity index is 207. The largest absolute Gasteiger partial charge is 0.393 e. The van der Waals surface area contributed by atoms with Crippen LogP contribution in [0.5, 0.6) is 0 Å². The molecule has 0 saturated heterocycles. The fourth-order valence-corrected chi connectivity index (χ4v) is 2.08. The van der Waals surface area contributed by atoms with Gasteiger partial charge in [-0.2, -0.15) is 0 Å². The van der Waals surface area contributed by atoms with Gasteiger partial charge in [-0.3, -0.25) is 10.1 Å². The van der Waals surface area contributed by atoms with Crippen molar-refractivity contribution < 1.29 is 15.1 Å². The van der Waals surface area contributed by atoms with Gasteiger partial charge in [-0.05, 0) is 25.7 Å². The van der Waals surface area contributed by atoms with Gasteiger partial charge in [0.05, 0.1) is 12.2 Å². The lowest BCUT2D eigenvalue weighted by Gasteiger charge is -2.14. The topological polar surface area (TPSA) is 83.6 Å². The Morgan fingerprint density at radius 2 is 1.28 bits per heavy atom. The maximum absolute atomic E-state index is 10.9. The van der Waals surface area contributed by atoms with Crippen LogP contribution in [0, 0.1) is 10.1 Å². The molecular formula is C13H27NO4. The van der Waals surface area contributed by atoms with Gasteiger partial charge in [0.1, 0.15) is 0 Å². The second-order valence-corrected chi connectivity index (χ2v) is 4.98. The van der Waals surface area contributed by atoms with Gasteiger partial charge in [0.15, 0.2) is 0 Å². The van der Waals surface area contributed by atoms with Crippen molar-refractivity contribution in [3.63, 3.8) is 0 Å². The molecule has 0 aliphatic heterocycles. The molecule has 0 aromatic carbocycles. The highest BCUT2D eigenvalue weighted by Crippen LogP contribution is 2.15. The van der Waals surface area contributed by atoms with E-state index in [9.17, 15) is 20.3 Å². The minimum Gasteiger partial charge on any atom is -0.393 e. The van der Waals surface area contributed by atoms with Crippen molar-refractivity contribution in [3.8, 4) is 0 Å². The van der Waals surface area contributed by atoms with Gasteiger partial charge in [-0.25, -0.2) is 0 Å². The van der Waals surface area contributed by atoms with Crippen LogP contribution in [0.15, 0.2) is 0 Å². The summed E-state index contributed by atoms with van der Waals surface area (Å²) in [6.07, 6.45) is 4.05. The quantitative estimate of drug-likeness (QED) is 0.442. The Labute approximate surface area is 109 Å². The summed E-state index contributed by atoms with van der Waals surface area (Å²) >= 11 is 0. The number of nitrogens with zero attached hydrogens (tertiary/aromatic N) is 1. The van der Waals surface area contributed by atoms with E-state index in [2.05, 4.69) is 0 Å². The molecule has 2 atom stereocenters. The predicted octanol–water partition coefficient (Wildman–Crippen LogP) is 2.51. The molecule has 0 aromatic heterocycles. The van der Waals surface area contributed by atoms with Crippen molar-refractivity contribution >= 4 is 0 Å². The van der Waals surface area contributed by atoms with Gasteiger partial charge in [0.25, 0.3) is 0 Å². The third-order valence-corrected chi connectivity index (χ3v) is 3.21. The molecule has 5 nitrogen and oxygen atoms in total. The Morgan fingerprint density at radius 3 is 1.56 bits per heavy atom. The normalized spacial score (nSPS) is 16.2. The first-order valence-electron chi connectivity index (χ1n) is 7.00. The third kappa shape index (κ3) is 8.42. The van der Waals surface area contributed by atoms with Crippen molar-refractivity contribution in [1.29, 1.82) is 0 Å². The number of rotatable bonds is 11. The number of aliphatic hydroxyl groups is 2. The second-order valence-electron chi connectivity index (χ2n) is 4.98. The number of hydrogen-bond donors (Lipinski definition) is 2. The van der Waals surface area contributed by atoms with E-state index in [1.165, 1.54) is 0 Å². The molecular weight excluding hydrogens is 234 g/mol. The Morgan fingerprint density at radius 1 is 0.889 bits per heavy atom. The summed E-state index contributed by atoms with van der Waals surface area (Å²) in [5.74, 6) is 0. The van der Waals surface area contributed by atoms with Gasteiger partial charge in [-0.1, -0.05) is 26.7 Å². The van der Waals surface area contributed by atoms with E-state index in [1.54, 1.807) is 0 Å². The zero-order chi connectivity index (χ0) is 14.0. The Kier molecular flexibility index (Phi) is 9.87. The van der Waals surface area contributed by atoms with Crippen LogP contribution in [0.3, 0.4) is 0 Å². The number of hydrogen-bond acceptors (Lipinski definition) is 4. The van der Waals surface area contributed by atoms with E-state index < -0.39 is 18.2 Å². The van der Waals surface area contributed by atoms with Crippen LogP contribution in [0.1, 0.15) is 65.2 Å². The van der Waals surface area contributed by atoms with E-state index in [0.29, 0.717) is 38.5 Å². The smallest absolute Gasteiger partial charge is 0.213 e. The first-order valence-corrected chi connectivity index (χ1v) is 7.00. The minimum absolute atomic E-state index is 0.280. The zero-order valence-electron chi connectivity index (χ0n) is 11.5. The fraction of sp³-hybridized carbons (Fsp3) is 1.00. The van der Waals surface area contributed by atoms with Crippen LogP contribution in [0.25, 0.3) is 0 Å². The van der Waals surface area contributed by atoms with Gasteiger partial charge in [0.2, 0.25) is 6.04 Å². The molecule has 0 rings (SSSR count). The third-order valence-electron chi connectivity index (χ3n) is 3.21. The predicted molar refractivity (Wildman–Crippen MR) is 71.1 cm³/mol. The summed E-state index contributed by atoms with van der Waals surface area (Å²) in [6.45, 7) is 3.96. The molecule has 0 spiro atoms. The second kappa shape index (κ2) is 10.3. The van der Waals surface area contributed by atoms with Crippen molar-refractivity contribution in [1.82, 2.24) is 0 Å². The summed E-state index contributed by atoms with van der Waals surface area (Å²) in [6, 6.07) is -0.636. The van der Waals surface area contributed by atoms with Gasteiger partial charge in [-0.15, -0.1) is 0 Å². The van der Waals surface area contributed by atoms with Crippen LogP contribution < -0.4 is 0 Å². The monoisotopic (exact) mass is 261 g/mol. The lowest BCUT2D eigenvalue weighted by molar-refractivity contribution is -0.525. The summed E-state index contributed by atoms with van der Waals surface area (Å²) in [4.78, 5) is 10.6. The van der Waals surface area contributed by atoms with Gasteiger partial charge >= 0.3 is 0 Å². The first kappa shape index (κ1) is 17.3. The molecule has 108 valence electrons. The Hall–Kier alpha value is -0.680. The molecule has 0 heterocycles. The molecule has 18 heavy (non-hydrogen) atoms. The highest BCUT2D eigenvalue weighted by molar-refractivity contribution is 4.65. The highest BCUT2D eigenvalue weighted by Gasteiger charge is 2.22. The first-order chi connectivity index (χ1) is 8.51. The van der Waals surface area contributed by atoms with E-state index in [1.807, 2.05) is 13.8 Å². The molecule has 2 unspecified atom stereocenters. The molecule has 0 aliphatic carbocycles. The average Bonchev–Trinajstić information content (AvgIpc) is 2.29. The standard InChI is InChI=1S/C13H27NO4/c1-3-5-12(15)9-7-11(14(17)18)8-10-13(16)6-4-2/h11-13,15-16H,3-10H2,1-2H3. The van der Waals surface area contributed by atoms with E-state index in [-0.39, 0.29) is 4.92 Å². The molecule has 0 amide bonds. The molecule has 2 N–H and O–H groups in total. The van der Waals surface area contributed by atoms with Gasteiger partial charge in [0, 0.05) is 17.8 Å². The van der Waals surface area contributed by atoms with Crippen LogP contribution in [0.4, 0.5) is 0 Å². The van der Waals surface area contributed by atoms with E-state index >= 15 is 0 Å². The molecule has 0 radical (unpaired) electrons. The van der Waals surface area contributed by atoms with Crippen LogP contribution >= 0.6 is 0 Å². The average molecular weight is 261 g/mol. The fourth-order valence-electron chi connectivity index (χ4n) is 2.08. The highest BCUT2D eigenvalue weighted by atomic mass is 16.6. The molecule has 0 aliphatic rings. The summed E-state index contributed by atoms with van der Waals surface area (Å²) < 4.78 is 0. The van der Waals surface area contributed by atoms with Crippen molar-refractivity contribution in [2.75, 3.05) is 0 Å². The summed E-state index contributed by atoms with van der Waals surface area (Å²) in [5, 5.41) is 30.0. The number of aliphatic hydroxyl groups excluding tert-OH is 2. The zero-order valence-corrected chi connectivity index (χ0v) is 11.5. The maximum Gasteiger partial charge on any atom is 0.213 e. The lowest BCUT2D eigenvalue weighted by Crippen LogP contribution is -2.23. The molecule has 5 heteroatoms. The van der Waals surface area contributed by atoms with E-state index in [0.717, 1.165) is 12.8 Å². The molecule has 0 saturated carbocycles. The Balaban J connectivity index is 3.96. The summed E-state index contributed by atoms with van der Waals surface area (Å²) in [7, 11) is 0. The van der Waals surface area contributed by atoms with Crippen molar-refractivity contribution in [3.05, 3.63) is 10.1 Å². The van der Waals surface area contributed by atoms with Crippen LogP contribution in [-0.2, 0) is 0 Å². The van der Waals surface area contributed by atoms with Crippen molar-refractivity contribution in [2.24, 2.45) is 0 Å². The minimum atomic E-state index is -0.636. The van der Waals surface area contributed by atoms with Gasteiger partial charge < -0.3 is 10.2 Å². The summed E-state index contributed by atoms with van der Waals surface area (Å²) in [5.41, 5.74) is 0. The molecule has 0 fully saturated rings. The SMILES string of the molecule is CCCC(O)CCC(CCC(O)CCC)[N+](=O)[O-]. The van der Waals surface area contributed by atoms with E-state index in [4.69, 9.17) is 0 Å². The van der Waals surface area contributed by atoms with Crippen LogP contribution in [0.2, 0.25) is 0 Å². The number of nitro groups is 1. The van der Waals surface area contributed by atoms with Crippen LogP contribution in [-0.4, -0.2) is 33.4 Å². The maximum atomic E-state index is 10.9. The lowest BCUT2D eigenvalue weighted by atomic mass is 9.99. The molecule has 0 aromatic rings. The van der Waals surface area contributed by atoms with Crippen molar-refractivity contribution in [2.45, 2.75) is 83.5 Å².